The smallest absolute Gasteiger partial charge is 0.107 e. The maximum absolute atomic E-state index is 4.70. The van der Waals surface area contributed by atoms with Gasteiger partial charge in [-0.05, 0) is 46.8 Å². The number of thiazole rings is 1. The first-order valence-corrected chi connectivity index (χ1v) is 8.54. The number of hydrogen-bond donors (Lipinski definition) is 1. The largest absolute Gasteiger partial charge is 0.310 e. The summed E-state index contributed by atoms with van der Waals surface area (Å²) in [4.78, 5) is 7.10. The lowest BCUT2D eigenvalue weighted by Gasteiger charge is -2.20. The van der Waals surface area contributed by atoms with E-state index in [1.807, 2.05) is 0 Å². The molecule has 0 aliphatic heterocycles. The second kappa shape index (κ2) is 8.11. The number of hydrogen-bond acceptors (Lipinski definition) is 4. The Hall–Kier alpha value is -0.450. The molecular weight excluding hydrogens is 266 g/mol. The van der Waals surface area contributed by atoms with Crippen LogP contribution in [0.25, 0.3) is 0 Å². The molecule has 0 aliphatic carbocycles. The first-order chi connectivity index (χ1) is 9.30. The molecule has 0 unspecified atom stereocenters. The van der Waals surface area contributed by atoms with Crippen molar-refractivity contribution in [2.75, 3.05) is 20.1 Å². The van der Waals surface area contributed by atoms with E-state index in [2.05, 4.69) is 57.3 Å². The van der Waals surface area contributed by atoms with Gasteiger partial charge >= 0.3 is 0 Å². The van der Waals surface area contributed by atoms with E-state index in [1.54, 1.807) is 11.3 Å². The maximum Gasteiger partial charge on any atom is 0.107 e. The van der Waals surface area contributed by atoms with Crippen LogP contribution in [0.15, 0.2) is 5.38 Å². The van der Waals surface area contributed by atoms with Crippen LogP contribution in [0, 0.1) is 0 Å². The second-order valence-corrected chi connectivity index (χ2v) is 7.78. The van der Waals surface area contributed by atoms with Gasteiger partial charge in [-0.2, -0.15) is 0 Å². The van der Waals surface area contributed by atoms with Crippen LogP contribution in [0.3, 0.4) is 0 Å². The van der Waals surface area contributed by atoms with E-state index in [4.69, 9.17) is 4.98 Å². The van der Waals surface area contributed by atoms with Crippen LogP contribution < -0.4 is 5.32 Å². The highest BCUT2D eigenvalue weighted by Gasteiger charge is 2.17. The van der Waals surface area contributed by atoms with Crippen molar-refractivity contribution in [2.24, 2.45) is 0 Å². The van der Waals surface area contributed by atoms with Crippen LogP contribution in [0.1, 0.15) is 58.2 Å². The van der Waals surface area contributed by atoms with Gasteiger partial charge in [0.05, 0.1) is 5.69 Å². The van der Waals surface area contributed by atoms with E-state index in [0.29, 0.717) is 6.04 Å². The fraction of sp³-hybridized carbons (Fsp3) is 0.812. The van der Waals surface area contributed by atoms with Crippen molar-refractivity contribution in [2.45, 2.75) is 65.5 Å². The fourth-order valence-electron chi connectivity index (χ4n) is 1.80. The van der Waals surface area contributed by atoms with Gasteiger partial charge in [-0.25, -0.2) is 4.98 Å². The summed E-state index contributed by atoms with van der Waals surface area (Å²) >= 11 is 1.77. The lowest BCUT2D eigenvalue weighted by molar-refractivity contribution is 0.268. The third-order valence-corrected chi connectivity index (χ3v) is 4.44. The van der Waals surface area contributed by atoms with Crippen molar-refractivity contribution < 1.29 is 0 Å². The van der Waals surface area contributed by atoms with Gasteiger partial charge in [0.1, 0.15) is 5.01 Å². The van der Waals surface area contributed by atoms with Crippen LogP contribution in [0.2, 0.25) is 0 Å². The van der Waals surface area contributed by atoms with E-state index in [9.17, 15) is 0 Å². The van der Waals surface area contributed by atoms with Crippen LogP contribution in [-0.4, -0.2) is 36.1 Å². The Morgan fingerprint density at radius 3 is 2.55 bits per heavy atom. The molecule has 1 rings (SSSR count). The van der Waals surface area contributed by atoms with Gasteiger partial charge in [0.2, 0.25) is 0 Å². The minimum absolute atomic E-state index is 0.163. The average Bonchev–Trinajstić information content (AvgIpc) is 2.81. The third-order valence-electron chi connectivity index (χ3n) is 3.59. The summed E-state index contributed by atoms with van der Waals surface area (Å²) in [7, 11) is 2.20. The highest BCUT2D eigenvalue weighted by atomic mass is 32.1. The Bertz CT molecular complexity index is 379. The molecule has 1 aromatic rings. The Morgan fingerprint density at radius 2 is 2.00 bits per heavy atom. The molecule has 3 nitrogen and oxygen atoms in total. The standard InChI is InChI=1S/C16H31N3S/c1-13(2)19(6)10-8-7-9-17-11-15-18-14(12-20-15)16(3,4)5/h12-13,17H,7-11H2,1-6H3. The predicted octanol–water partition coefficient (Wildman–Crippen LogP) is 3.65. The topological polar surface area (TPSA) is 28.2 Å². The van der Waals surface area contributed by atoms with Crippen molar-refractivity contribution in [3.05, 3.63) is 16.1 Å². The molecule has 0 bridgehead atoms. The normalized spacial score (nSPS) is 12.6. The molecule has 0 radical (unpaired) electrons. The van der Waals surface area contributed by atoms with E-state index in [-0.39, 0.29) is 5.41 Å². The summed E-state index contributed by atoms with van der Waals surface area (Å²) in [5.74, 6) is 0. The van der Waals surface area contributed by atoms with Gasteiger partial charge in [0, 0.05) is 23.4 Å². The predicted molar refractivity (Wildman–Crippen MR) is 89.5 cm³/mol. The zero-order valence-electron chi connectivity index (χ0n) is 14.0. The number of unbranched alkanes of at least 4 members (excludes halogenated alkanes) is 1. The molecule has 0 fully saturated rings. The van der Waals surface area contributed by atoms with Crippen LogP contribution >= 0.6 is 11.3 Å². The van der Waals surface area contributed by atoms with E-state index < -0.39 is 0 Å². The molecule has 0 atom stereocenters. The summed E-state index contributed by atoms with van der Waals surface area (Å²) in [6.45, 7) is 14.3. The molecule has 1 aromatic heterocycles. The van der Waals surface area contributed by atoms with Gasteiger partial charge in [-0.1, -0.05) is 20.8 Å². The molecule has 1 heterocycles. The van der Waals surface area contributed by atoms with Gasteiger partial charge in [0.15, 0.2) is 0 Å². The van der Waals surface area contributed by atoms with Crippen molar-refractivity contribution >= 4 is 11.3 Å². The number of nitrogens with zero attached hydrogens (tertiary/aromatic N) is 2. The lowest BCUT2D eigenvalue weighted by Crippen LogP contribution is -2.27. The van der Waals surface area contributed by atoms with Gasteiger partial charge in [-0.15, -0.1) is 11.3 Å². The molecule has 0 aromatic carbocycles. The third kappa shape index (κ3) is 6.33. The first kappa shape index (κ1) is 17.6. The number of aromatic nitrogens is 1. The summed E-state index contributed by atoms with van der Waals surface area (Å²) in [6.07, 6.45) is 2.49. The van der Waals surface area contributed by atoms with Crippen LogP contribution in [0.4, 0.5) is 0 Å². The molecule has 0 aliphatic rings. The van der Waals surface area contributed by atoms with E-state index in [1.165, 1.54) is 30.1 Å². The van der Waals surface area contributed by atoms with Gasteiger partial charge in [-0.3, -0.25) is 0 Å². The van der Waals surface area contributed by atoms with Crippen molar-refractivity contribution in [1.29, 1.82) is 0 Å². The Balaban J connectivity index is 2.14. The summed E-state index contributed by atoms with van der Waals surface area (Å²) < 4.78 is 0. The summed E-state index contributed by atoms with van der Waals surface area (Å²) in [5, 5.41) is 6.89. The number of rotatable bonds is 8. The molecule has 0 amide bonds. The van der Waals surface area contributed by atoms with Crippen LogP contribution in [0.5, 0.6) is 0 Å². The molecule has 116 valence electrons. The van der Waals surface area contributed by atoms with E-state index in [0.717, 1.165) is 13.1 Å². The van der Waals surface area contributed by atoms with Crippen LogP contribution in [-0.2, 0) is 12.0 Å². The molecule has 0 saturated carbocycles. The maximum atomic E-state index is 4.70. The zero-order chi connectivity index (χ0) is 15.2. The molecule has 0 saturated heterocycles. The first-order valence-electron chi connectivity index (χ1n) is 7.66. The quantitative estimate of drug-likeness (QED) is 0.742. The van der Waals surface area contributed by atoms with Crippen molar-refractivity contribution in [3.8, 4) is 0 Å². The minimum Gasteiger partial charge on any atom is -0.310 e. The van der Waals surface area contributed by atoms with Crippen molar-refractivity contribution in [3.63, 3.8) is 0 Å². The van der Waals surface area contributed by atoms with E-state index >= 15 is 0 Å². The Morgan fingerprint density at radius 1 is 1.30 bits per heavy atom. The molecule has 4 heteroatoms. The average molecular weight is 298 g/mol. The zero-order valence-corrected chi connectivity index (χ0v) is 14.8. The highest BCUT2D eigenvalue weighted by Crippen LogP contribution is 2.23. The van der Waals surface area contributed by atoms with Gasteiger partial charge in [0.25, 0.3) is 0 Å². The second-order valence-electron chi connectivity index (χ2n) is 6.83. The SMILES string of the molecule is CC(C)N(C)CCCCNCc1nc(C(C)(C)C)cs1. The molecular formula is C16H31N3S. The molecule has 1 N–H and O–H groups in total. The Kier molecular flexibility index (Phi) is 7.13. The highest BCUT2D eigenvalue weighted by molar-refractivity contribution is 7.09. The fourth-order valence-corrected chi connectivity index (χ4v) is 2.79. The molecule has 0 spiro atoms. The van der Waals surface area contributed by atoms with Crippen molar-refractivity contribution in [1.82, 2.24) is 15.2 Å². The summed E-state index contributed by atoms with van der Waals surface area (Å²) in [5.41, 5.74) is 1.37. The Labute approximate surface area is 128 Å². The summed E-state index contributed by atoms with van der Waals surface area (Å²) in [6, 6.07) is 0.647. The molecule has 20 heavy (non-hydrogen) atoms. The minimum atomic E-state index is 0.163. The number of nitrogens with one attached hydrogen (secondary N) is 1. The lowest BCUT2D eigenvalue weighted by atomic mass is 9.93. The van der Waals surface area contributed by atoms with Gasteiger partial charge < -0.3 is 10.2 Å². The monoisotopic (exact) mass is 297 g/mol.